The largest absolute Gasteiger partial charge is 0.444 e. The van der Waals surface area contributed by atoms with Gasteiger partial charge in [-0.2, -0.15) is 0 Å². The van der Waals surface area contributed by atoms with E-state index >= 15 is 0 Å². The lowest BCUT2D eigenvalue weighted by Gasteiger charge is -2.28. The zero-order valence-electron chi connectivity index (χ0n) is 13.7. The van der Waals surface area contributed by atoms with Gasteiger partial charge in [-0.05, 0) is 40.0 Å². The maximum atomic E-state index is 12.3. The summed E-state index contributed by atoms with van der Waals surface area (Å²) >= 11 is 0. The third-order valence-electron chi connectivity index (χ3n) is 3.67. The molecule has 0 bridgehead atoms. The van der Waals surface area contributed by atoms with E-state index in [4.69, 9.17) is 9.47 Å². The van der Waals surface area contributed by atoms with Crippen LogP contribution in [-0.4, -0.2) is 37.2 Å². The Labute approximate surface area is 127 Å². The second-order valence-electron chi connectivity index (χ2n) is 6.71. The monoisotopic (exact) mass is 299 g/mol. The van der Waals surface area contributed by atoms with E-state index in [1.54, 1.807) is 7.11 Å². The number of alkyl carbamates (subject to hydrolysis) is 1. The topological polar surface area (TPSA) is 64.6 Å². The zero-order valence-corrected chi connectivity index (χ0v) is 13.7. The second-order valence-corrected chi connectivity index (χ2v) is 6.71. The summed E-state index contributed by atoms with van der Waals surface area (Å²) in [5, 5.41) is 2.87. The SMILES string of the molecule is COCCC(NC(=O)OC(C)(C)C)C1CCCCCC1=O. The lowest BCUT2D eigenvalue weighted by molar-refractivity contribution is -0.123. The Morgan fingerprint density at radius 1 is 1.33 bits per heavy atom. The summed E-state index contributed by atoms with van der Waals surface area (Å²) in [6.07, 6.45) is 4.71. The molecule has 0 aromatic carbocycles. The molecule has 5 heteroatoms. The van der Waals surface area contributed by atoms with Crippen molar-refractivity contribution < 1.29 is 19.1 Å². The maximum absolute atomic E-state index is 12.3. The van der Waals surface area contributed by atoms with Gasteiger partial charge in [-0.25, -0.2) is 4.79 Å². The number of rotatable bonds is 5. The minimum absolute atomic E-state index is 0.116. The fourth-order valence-corrected chi connectivity index (χ4v) is 2.69. The molecule has 0 spiro atoms. The van der Waals surface area contributed by atoms with Crippen LogP contribution < -0.4 is 5.32 Å². The van der Waals surface area contributed by atoms with Crippen molar-refractivity contribution in [2.45, 2.75) is 70.9 Å². The summed E-state index contributed by atoms with van der Waals surface area (Å²) in [5.74, 6) is 0.139. The lowest BCUT2D eigenvalue weighted by atomic mass is 9.89. The number of methoxy groups -OCH3 is 1. The number of nitrogens with one attached hydrogen (secondary N) is 1. The first-order chi connectivity index (χ1) is 9.83. The van der Waals surface area contributed by atoms with Crippen molar-refractivity contribution in [3.8, 4) is 0 Å². The summed E-state index contributed by atoms with van der Waals surface area (Å²) in [6, 6.07) is -0.203. The van der Waals surface area contributed by atoms with Gasteiger partial charge in [0.15, 0.2) is 0 Å². The van der Waals surface area contributed by atoms with Crippen LogP contribution in [0.4, 0.5) is 4.79 Å². The fourth-order valence-electron chi connectivity index (χ4n) is 2.69. The third kappa shape index (κ3) is 6.93. The molecule has 0 heterocycles. The number of Topliss-reactive ketones (excluding diaryl/α,β-unsaturated/α-hetero) is 1. The Balaban J connectivity index is 2.69. The Hall–Kier alpha value is -1.10. The van der Waals surface area contributed by atoms with Gasteiger partial charge in [0.2, 0.25) is 0 Å². The summed E-state index contributed by atoms with van der Waals surface area (Å²) < 4.78 is 10.4. The molecule has 21 heavy (non-hydrogen) atoms. The minimum Gasteiger partial charge on any atom is -0.444 e. The quantitative estimate of drug-likeness (QED) is 0.792. The summed E-state index contributed by atoms with van der Waals surface area (Å²) in [7, 11) is 1.62. The van der Waals surface area contributed by atoms with Crippen molar-refractivity contribution in [1.82, 2.24) is 5.32 Å². The van der Waals surface area contributed by atoms with Gasteiger partial charge in [-0.15, -0.1) is 0 Å². The molecule has 2 unspecified atom stereocenters. The normalized spacial score (nSPS) is 21.5. The molecular formula is C16H29NO4. The highest BCUT2D eigenvalue weighted by atomic mass is 16.6. The molecule has 1 rings (SSSR count). The van der Waals surface area contributed by atoms with E-state index in [0.717, 1.165) is 25.7 Å². The van der Waals surface area contributed by atoms with E-state index in [0.29, 0.717) is 19.4 Å². The van der Waals surface area contributed by atoms with Crippen LogP contribution in [-0.2, 0) is 14.3 Å². The smallest absolute Gasteiger partial charge is 0.407 e. The first-order valence-corrected chi connectivity index (χ1v) is 7.84. The van der Waals surface area contributed by atoms with Crippen LogP contribution in [0, 0.1) is 5.92 Å². The molecule has 1 aliphatic carbocycles. The Morgan fingerprint density at radius 2 is 2.05 bits per heavy atom. The predicted molar refractivity (Wildman–Crippen MR) is 81.2 cm³/mol. The van der Waals surface area contributed by atoms with Crippen LogP contribution in [0.2, 0.25) is 0 Å². The average Bonchev–Trinajstić information content (AvgIpc) is 2.57. The highest BCUT2D eigenvalue weighted by molar-refractivity contribution is 5.82. The Bertz CT molecular complexity index is 349. The molecule has 1 amide bonds. The number of ether oxygens (including phenoxy) is 2. The molecule has 1 saturated carbocycles. The second kappa shape index (κ2) is 8.37. The molecule has 0 aromatic heterocycles. The summed E-state index contributed by atoms with van der Waals surface area (Å²) in [6.45, 7) is 6.00. The molecule has 0 aliphatic heterocycles. The molecule has 0 aromatic rings. The van der Waals surface area contributed by atoms with E-state index in [1.807, 2.05) is 20.8 Å². The van der Waals surface area contributed by atoms with E-state index in [2.05, 4.69) is 5.32 Å². The van der Waals surface area contributed by atoms with E-state index in [9.17, 15) is 9.59 Å². The molecule has 1 aliphatic rings. The number of carbonyl (C=O) groups is 2. The highest BCUT2D eigenvalue weighted by Gasteiger charge is 2.31. The van der Waals surface area contributed by atoms with Crippen molar-refractivity contribution in [2.75, 3.05) is 13.7 Å². The van der Waals surface area contributed by atoms with E-state index < -0.39 is 11.7 Å². The molecular weight excluding hydrogens is 270 g/mol. The van der Waals surface area contributed by atoms with Crippen LogP contribution in [0.25, 0.3) is 0 Å². The van der Waals surface area contributed by atoms with Crippen LogP contribution in [0.5, 0.6) is 0 Å². The van der Waals surface area contributed by atoms with Crippen molar-refractivity contribution in [3.63, 3.8) is 0 Å². The van der Waals surface area contributed by atoms with E-state index in [1.165, 1.54) is 0 Å². The van der Waals surface area contributed by atoms with Gasteiger partial charge >= 0.3 is 6.09 Å². The van der Waals surface area contributed by atoms with Gasteiger partial charge in [-0.3, -0.25) is 4.79 Å². The maximum Gasteiger partial charge on any atom is 0.407 e. The minimum atomic E-state index is -0.538. The molecule has 0 saturated heterocycles. The van der Waals surface area contributed by atoms with Crippen LogP contribution in [0.3, 0.4) is 0 Å². The Kier molecular flexibility index (Phi) is 7.15. The van der Waals surface area contributed by atoms with Gasteiger partial charge in [0.05, 0.1) is 0 Å². The number of carbonyl (C=O) groups excluding carboxylic acids is 2. The van der Waals surface area contributed by atoms with Gasteiger partial charge in [0.25, 0.3) is 0 Å². The molecule has 1 fully saturated rings. The summed E-state index contributed by atoms with van der Waals surface area (Å²) in [5.41, 5.74) is -0.538. The van der Waals surface area contributed by atoms with Gasteiger partial charge in [0.1, 0.15) is 11.4 Å². The number of ketones is 1. The lowest BCUT2D eigenvalue weighted by Crippen LogP contribution is -2.45. The molecule has 122 valence electrons. The van der Waals surface area contributed by atoms with E-state index in [-0.39, 0.29) is 17.7 Å². The van der Waals surface area contributed by atoms with Crippen molar-refractivity contribution in [2.24, 2.45) is 5.92 Å². The number of amides is 1. The number of hydrogen-bond acceptors (Lipinski definition) is 4. The van der Waals surface area contributed by atoms with Crippen molar-refractivity contribution in [3.05, 3.63) is 0 Å². The standard InChI is InChI=1S/C16H29NO4/c1-16(2,3)21-15(19)17-13(10-11-20-4)12-8-6-5-7-9-14(12)18/h12-13H,5-11H2,1-4H3,(H,17,19). The van der Waals surface area contributed by atoms with Crippen LogP contribution in [0.1, 0.15) is 59.3 Å². The first-order valence-electron chi connectivity index (χ1n) is 7.84. The average molecular weight is 299 g/mol. The number of hydrogen-bond donors (Lipinski definition) is 1. The zero-order chi connectivity index (χ0) is 15.9. The third-order valence-corrected chi connectivity index (χ3v) is 3.67. The predicted octanol–water partition coefficient (Wildman–Crippen LogP) is 3.07. The molecule has 2 atom stereocenters. The Morgan fingerprint density at radius 3 is 2.67 bits per heavy atom. The van der Waals surface area contributed by atoms with Gasteiger partial charge < -0.3 is 14.8 Å². The van der Waals surface area contributed by atoms with Crippen LogP contribution in [0.15, 0.2) is 0 Å². The first kappa shape index (κ1) is 18.0. The van der Waals surface area contributed by atoms with Crippen LogP contribution >= 0.6 is 0 Å². The highest BCUT2D eigenvalue weighted by Crippen LogP contribution is 2.24. The van der Waals surface area contributed by atoms with Crippen molar-refractivity contribution >= 4 is 11.9 Å². The summed E-state index contributed by atoms with van der Waals surface area (Å²) in [4.78, 5) is 24.2. The molecule has 0 radical (unpaired) electrons. The van der Waals surface area contributed by atoms with Crippen molar-refractivity contribution in [1.29, 1.82) is 0 Å². The fraction of sp³-hybridized carbons (Fsp3) is 0.875. The van der Waals surface area contributed by atoms with Gasteiger partial charge in [0, 0.05) is 32.1 Å². The van der Waals surface area contributed by atoms with Gasteiger partial charge in [-0.1, -0.05) is 12.8 Å². The molecule has 1 N–H and O–H groups in total. The molecule has 5 nitrogen and oxygen atoms in total.